The number of para-hydroxylation sites is 1. The van der Waals surface area contributed by atoms with Crippen molar-refractivity contribution in [3.63, 3.8) is 0 Å². The van der Waals surface area contributed by atoms with Crippen molar-refractivity contribution in [1.29, 1.82) is 0 Å². The second kappa shape index (κ2) is 9.53. The highest BCUT2D eigenvalue weighted by Crippen LogP contribution is 2.09. The molecular formula is C21H28N6O3. The molecule has 2 heterocycles. The molecule has 0 atom stereocenters. The quantitative estimate of drug-likeness (QED) is 0.573. The molecule has 0 aliphatic heterocycles. The summed E-state index contributed by atoms with van der Waals surface area (Å²) in [6, 6.07) is 6.82. The van der Waals surface area contributed by atoms with Gasteiger partial charge in [0.1, 0.15) is 6.54 Å². The zero-order valence-corrected chi connectivity index (χ0v) is 17.7. The average molecular weight is 412 g/mol. The first-order chi connectivity index (χ1) is 14.5. The molecule has 0 aliphatic rings. The number of aromatic nitrogens is 4. The van der Waals surface area contributed by atoms with Crippen LogP contribution in [-0.4, -0.2) is 49.4 Å². The van der Waals surface area contributed by atoms with Crippen molar-refractivity contribution in [2.45, 2.75) is 40.4 Å². The Morgan fingerprint density at radius 1 is 1.10 bits per heavy atom. The number of anilines is 1. The lowest BCUT2D eigenvalue weighted by molar-refractivity contribution is -0.116. The molecule has 3 rings (SSSR count). The summed E-state index contributed by atoms with van der Waals surface area (Å²) in [7, 11) is 0. The predicted molar refractivity (Wildman–Crippen MR) is 117 cm³/mol. The number of benzene rings is 1. The fraction of sp³-hybridized carbons (Fsp3) is 0.429. The number of carbonyl (C=O) groups is 1. The minimum atomic E-state index is -0.494. The zero-order valence-electron chi connectivity index (χ0n) is 17.7. The average Bonchev–Trinajstić information content (AvgIpc) is 3.19. The normalized spacial score (nSPS) is 11.3. The number of nitrogens with zero attached hydrogens (tertiary/aromatic N) is 5. The molecule has 0 spiro atoms. The van der Waals surface area contributed by atoms with Crippen LogP contribution in [0.15, 0.2) is 46.2 Å². The monoisotopic (exact) mass is 412 g/mol. The molecule has 0 aliphatic carbocycles. The summed E-state index contributed by atoms with van der Waals surface area (Å²) in [5, 5.41) is 7.48. The van der Waals surface area contributed by atoms with Crippen LogP contribution in [0.25, 0.3) is 10.9 Å². The maximum Gasteiger partial charge on any atom is 0.331 e. The molecule has 160 valence electrons. The minimum Gasteiger partial charge on any atom is -0.322 e. The molecule has 2 aromatic heterocycles. The Bertz CT molecular complexity index is 1140. The van der Waals surface area contributed by atoms with Crippen molar-refractivity contribution in [1.82, 2.24) is 23.8 Å². The molecule has 0 bridgehead atoms. The van der Waals surface area contributed by atoms with E-state index < -0.39 is 5.69 Å². The Balaban J connectivity index is 1.77. The fourth-order valence-corrected chi connectivity index (χ4v) is 3.48. The Labute approximate surface area is 174 Å². The van der Waals surface area contributed by atoms with Crippen molar-refractivity contribution < 1.29 is 4.79 Å². The van der Waals surface area contributed by atoms with Crippen molar-refractivity contribution in [3.05, 3.63) is 57.5 Å². The van der Waals surface area contributed by atoms with Gasteiger partial charge in [0.2, 0.25) is 5.91 Å². The first-order valence-electron chi connectivity index (χ1n) is 10.3. The maximum absolute atomic E-state index is 12.8. The van der Waals surface area contributed by atoms with E-state index in [4.69, 9.17) is 0 Å². The van der Waals surface area contributed by atoms with Crippen LogP contribution in [-0.2, 0) is 24.4 Å². The largest absolute Gasteiger partial charge is 0.331 e. The number of hydrogen-bond donors (Lipinski definition) is 1. The SMILES string of the molecule is CCN(CC)CCn1cc(NC(=O)Cn2c(=O)n(CC)c(=O)c3ccccc32)cn1. The van der Waals surface area contributed by atoms with E-state index in [1.807, 2.05) is 0 Å². The van der Waals surface area contributed by atoms with Crippen LogP contribution in [0.3, 0.4) is 0 Å². The number of nitrogens with one attached hydrogen (secondary N) is 1. The third-order valence-electron chi connectivity index (χ3n) is 5.21. The van der Waals surface area contributed by atoms with Gasteiger partial charge in [0, 0.05) is 19.3 Å². The molecular weight excluding hydrogens is 384 g/mol. The van der Waals surface area contributed by atoms with Gasteiger partial charge in [-0.05, 0) is 32.1 Å². The molecule has 0 fully saturated rings. The van der Waals surface area contributed by atoms with Gasteiger partial charge in [-0.2, -0.15) is 5.10 Å². The lowest BCUT2D eigenvalue weighted by atomic mass is 10.2. The van der Waals surface area contributed by atoms with Crippen molar-refractivity contribution in [3.8, 4) is 0 Å². The number of likely N-dealkylation sites (N-methyl/N-ethyl adjacent to an activating group) is 1. The van der Waals surface area contributed by atoms with Gasteiger partial charge in [0.25, 0.3) is 5.56 Å². The first-order valence-corrected chi connectivity index (χ1v) is 10.3. The molecule has 1 aromatic carbocycles. The highest BCUT2D eigenvalue weighted by molar-refractivity contribution is 5.91. The lowest BCUT2D eigenvalue weighted by Crippen LogP contribution is -2.41. The smallest absolute Gasteiger partial charge is 0.322 e. The number of carbonyl (C=O) groups excluding carboxylic acids is 1. The van der Waals surface area contributed by atoms with Crippen LogP contribution in [0, 0.1) is 0 Å². The van der Waals surface area contributed by atoms with E-state index in [0.717, 1.165) is 30.7 Å². The zero-order chi connectivity index (χ0) is 21.7. The number of fused-ring (bicyclic) bond motifs is 1. The number of amides is 1. The molecule has 30 heavy (non-hydrogen) atoms. The van der Waals surface area contributed by atoms with Gasteiger partial charge >= 0.3 is 5.69 Å². The summed E-state index contributed by atoms with van der Waals surface area (Å²) < 4.78 is 4.26. The van der Waals surface area contributed by atoms with E-state index >= 15 is 0 Å². The molecule has 1 amide bonds. The van der Waals surface area contributed by atoms with Gasteiger partial charge in [-0.15, -0.1) is 0 Å². The Morgan fingerprint density at radius 2 is 1.83 bits per heavy atom. The van der Waals surface area contributed by atoms with Gasteiger partial charge in [0.05, 0.1) is 29.3 Å². The third-order valence-corrected chi connectivity index (χ3v) is 5.21. The molecule has 9 heteroatoms. The van der Waals surface area contributed by atoms with Gasteiger partial charge in [-0.1, -0.05) is 26.0 Å². The highest BCUT2D eigenvalue weighted by atomic mass is 16.2. The van der Waals surface area contributed by atoms with E-state index in [-0.39, 0.29) is 24.6 Å². The summed E-state index contributed by atoms with van der Waals surface area (Å²) in [5.74, 6) is -0.355. The minimum absolute atomic E-state index is 0.190. The van der Waals surface area contributed by atoms with E-state index in [2.05, 4.69) is 29.2 Å². The summed E-state index contributed by atoms with van der Waals surface area (Å²) in [5.41, 5.74) is 0.179. The van der Waals surface area contributed by atoms with E-state index in [1.54, 1.807) is 48.3 Å². The maximum atomic E-state index is 12.8. The van der Waals surface area contributed by atoms with Crippen LogP contribution >= 0.6 is 0 Å². The van der Waals surface area contributed by atoms with E-state index in [9.17, 15) is 14.4 Å². The van der Waals surface area contributed by atoms with Gasteiger partial charge in [-0.25, -0.2) is 4.79 Å². The van der Waals surface area contributed by atoms with Gasteiger partial charge < -0.3 is 10.2 Å². The molecule has 0 saturated heterocycles. The van der Waals surface area contributed by atoms with Crippen LogP contribution in [0.1, 0.15) is 20.8 Å². The third kappa shape index (κ3) is 4.51. The summed E-state index contributed by atoms with van der Waals surface area (Å²) in [6.45, 7) is 9.57. The standard InChI is InChI=1S/C21H28N6O3/c1-4-24(5-2)11-12-25-14-16(13-22-25)23-19(28)15-27-18-10-8-7-9-17(18)20(29)26(6-3)21(27)30/h7-10,13-14H,4-6,11-12,15H2,1-3H3,(H,23,28). The summed E-state index contributed by atoms with van der Waals surface area (Å²) >= 11 is 0. The molecule has 9 nitrogen and oxygen atoms in total. The first kappa shape index (κ1) is 21.5. The molecule has 0 unspecified atom stereocenters. The van der Waals surface area contributed by atoms with Crippen molar-refractivity contribution >= 4 is 22.5 Å². The lowest BCUT2D eigenvalue weighted by Gasteiger charge is -2.17. The van der Waals surface area contributed by atoms with E-state index in [1.165, 1.54) is 4.57 Å². The molecule has 0 radical (unpaired) electrons. The topological polar surface area (TPSA) is 94.2 Å². The Hall–Kier alpha value is -3.20. The van der Waals surface area contributed by atoms with Gasteiger partial charge in [0.15, 0.2) is 0 Å². The van der Waals surface area contributed by atoms with Crippen LogP contribution in [0.5, 0.6) is 0 Å². The highest BCUT2D eigenvalue weighted by Gasteiger charge is 2.15. The second-order valence-corrected chi connectivity index (χ2v) is 7.00. The number of rotatable bonds is 9. The molecule has 1 N–H and O–H groups in total. The molecule has 3 aromatic rings. The predicted octanol–water partition coefficient (Wildman–Crippen LogP) is 1.36. The van der Waals surface area contributed by atoms with Gasteiger partial charge in [-0.3, -0.25) is 23.4 Å². The number of hydrogen-bond acceptors (Lipinski definition) is 5. The Kier molecular flexibility index (Phi) is 6.83. The Morgan fingerprint density at radius 3 is 2.53 bits per heavy atom. The van der Waals surface area contributed by atoms with Crippen molar-refractivity contribution in [2.24, 2.45) is 0 Å². The van der Waals surface area contributed by atoms with Crippen LogP contribution < -0.4 is 16.6 Å². The fourth-order valence-electron chi connectivity index (χ4n) is 3.48. The molecule has 0 saturated carbocycles. The summed E-state index contributed by atoms with van der Waals surface area (Å²) in [4.78, 5) is 40.2. The van der Waals surface area contributed by atoms with E-state index in [0.29, 0.717) is 16.6 Å². The van der Waals surface area contributed by atoms with Crippen molar-refractivity contribution in [2.75, 3.05) is 25.0 Å². The van der Waals surface area contributed by atoms with Crippen LogP contribution in [0.4, 0.5) is 5.69 Å². The summed E-state index contributed by atoms with van der Waals surface area (Å²) in [6.07, 6.45) is 3.36. The second-order valence-electron chi connectivity index (χ2n) is 7.00. The van der Waals surface area contributed by atoms with Crippen LogP contribution in [0.2, 0.25) is 0 Å².